The Morgan fingerprint density at radius 2 is 1.42 bits per heavy atom. The molecule has 0 spiro atoms. The van der Waals surface area contributed by atoms with Gasteiger partial charge in [0.15, 0.2) is 11.5 Å². The van der Waals surface area contributed by atoms with Crippen LogP contribution in [0.3, 0.4) is 0 Å². The highest BCUT2D eigenvalue weighted by Gasteiger charge is 2.48. The molecule has 0 saturated carbocycles. The molecular formula is C28H25Cl2NO7. The van der Waals surface area contributed by atoms with E-state index in [2.05, 4.69) is 0 Å². The van der Waals surface area contributed by atoms with Crippen LogP contribution in [0.5, 0.6) is 23.0 Å². The van der Waals surface area contributed by atoms with Crippen LogP contribution in [0.4, 0.5) is 5.69 Å². The molecule has 198 valence electrons. The number of rotatable bonds is 7. The molecule has 0 aliphatic carbocycles. The molecular weight excluding hydrogens is 533 g/mol. The normalized spacial score (nSPS) is 16.5. The summed E-state index contributed by atoms with van der Waals surface area (Å²) in [7, 11) is 5.74. The Kier molecular flexibility index (Phi) is 7.76. The van der Waals surface area contributed by atoms with Crippen LogP contribution >= 0.6 is 23.2 Å². The molecule has 38 heavy (non-hydrogen) atoms. The van der Waals surface area contributed by atoms with Gasteiger partial charge in [-0.05, 0) is 48.9 Å². The van der Waals surface area contributed by atoms with E-state index in [1.807, 2.05) is 19.1 Å². The van der Waals surface area contributed by atoms with Crippen LogP contribution < -0.4 is 23.8 Å². The molecule has 8 nitrogen and oxygen atoms in total. The second-order valence-corrected chi connectivity index (χ2v) is 9.28. The highest BCUT2D eigenvalue weighted by Crippen LogP contribution is 2.48. The minimum atomic E-state index is -1.08. The Labute approximate surface area is 229 Å². The number of aliphatic hydroxyl groups is 1. The second-order valence-electron chi connectivity index (χ2n) is 8.43. The first-order chi connectivity index (χ1) is 18.2. The Balaban J connectivity index is 2.07. The highest BCUT2D eigenvalue weighted by atomic mass is 35.5. The van der Waals surface area contributed by atoms with E-state index < -0.39 is 23.5 Å². The number of aryl methyl sites for hydroxylation is 1. The molecule has 0 bridgehead atoms. The molecule has 1 heterocycles. The number of ketones is 1. The summed E-state index contributed by atoms with van der Waals surface area (Å²) < 4.78 is 21.9. The van der Waals surface area contributed by atoms with Gasteiger partial charge in [0.1, 0.15) is 11.5 Å². The third kappa shape index (κ3) is 4.61. The van der Waals surface area contributed by atoms with Crippen LogP contribution in [0.1, 0.15) is 22.7 Å². The monoisotopic (exact) mass is 557 g/mol. The number of carbonyl (C=O) groups is 2. The van der Waals surface area contributed by atoms with Gasteiger partial charge in [-0.1, -0.05) is 40.9 Å². The predicted molar refractivity (Wildman–Crippen MR) is 145 cm³/mol. The standard InChI is InChI=1S/C28H25Cl2NO7/c1-14-6-8-17(9-7-14)31-23(15-10-20(35-2)27(38-5)21(11-15)36-3)22(25(33)28(31)34)24(32)18-12-16(29)13-19(30)26(18)37-4/h6-13,23,32H,1-5H3/b24-22+. The Hall–Kier alpha value is -3.88. The van der Waals surface area contributed by atoms with E-state index >= 15 is 0 Å². The summed E-state index contributed by atoms with van der Waals surface area (Å²) in [4.78, 5) is 28.4. The third-order valence-electron chi connectivity index (χ3n) is 6.23. The van der Waals surface area contributed by atoms with Crippen LogP contribution in [-0.2, 0) is 9.59 Å². The quantitative estimate of drug-likeness (QED) is 0.217. The number of benzene rings is 3. The Morgan fingerprint density at radius 3 is 1.95 bits per heavy atom. The fraction of sp³-hybridized carbons (Fsp3) is 0.214. The van der Waals surface area contributed by atoms with Crippen LogP contribution in [-0.4, -0.2) is 45.2 Å². The molecule has 10 heteroatoms. The van der Waals surface area contributed by atoms with Crippen molar-refractivity contribution in [2.45, 2.75) is 13.0 Å². The van der Waals surface area contributed by atoms with Gasteiger partial charge in [0, 0.05) is 10.7 Å². The summed E-state index contributed by atoms with van der Waals surface area (Å²) in [6.45, 7) is 1.91. The molecule has 4 rings (SSSR count). The van der Waals surface area contributed by atoms with Crippen molar-refractivity contribution in [3.05, 3.63) is 80.8 Å². The Bertz CT molecular complexity index is 1430. The number of anilines is 1. The molecule has 1 atom stereocenters. The first-order valence-electron chi connectivity index (χ1n) is 11.4. The summed E-state index contributed by atoms with van der Waals surface area (Å²) in [5.74, 6) is -1.20. The number of hydrogen-bond donors (Lipinski definition) is 1. The van der Waals surface area contributed by atoms with Gasteiger partial charge in [-0.2, -0.15) is 0 Å². The van der Waals surface area contributed by atoms with E-state index in [9.17, 15) is 14.7 Å². The van der Waals surface area contributed by atoms with Crippen LogP contribution in [0.25, 0.3) is 5.76 Å². The number of carbonyl (C=O) groups excluding carboxylic acids is 2. The zero-order valence-corrected chi connectivity index (χ0v) is 22.8. The zero-order chi connectivity index (χ0) is 27.7. The average Bonchev–Trinajstić information content (AvgIpc) is 3.17. The van der Waals surface area contributed by atoms with Gasteiger partial charge in [0.2, 0.25) is 5.75 Å². The summed E-state index contributed by atoms with van der Waals surface area (Å²) in [6.07, 6.45) is 0. The molecule has 1 aliphatic heterocycles. The maximum absolute atomic E-state index is 13.6. The lowest BCUT2D eigenvalue weighted by Gasteiger charge is -2.27. The fourth-order valence-electron chi connectivity index (χ4n) is 4.47. The number of ether oxygens (including phenoxy) is 4. The van der Waals surface area contributed by atoms with Gasteiger partial charge in [0.25, 0.3) is 11.7 Å². The molecule has 1 unspecified atom stereocenters. The number of amides is 1. The van der Waals surface area contributed by atoms with Crippen molar-refractivity contribution in [1.82, 2.24) is 0 Å². The van der Waals surface area contributed by atoms with Crippen LogP contribution in [0.15, 0.2) is 54.1 Å². The predicted octanol–water partition coefficient (Wildman–Crippen LogP) is 5.96. The SMILES string of the molecule is COc1cc(C2/C(=C(\O)c3cc(Cl)cc(Cl)c3OC)C(=O)C(=O)N2c2ccc(C)cc2)cc(OC)c1OC. The van der Waals surface area contributed by atoms with Gasteiger partial charge in [-0.3, -0.25) is 14.5 Å². The van der Waals surface area contributed by atoms with Gasteiger partial charge >= 0.3 is 0 Å². The molecule has 3 aromatic carbocycles. The molecule has 1 N–H and O–H groups in total. The topological polar surface area (TPSA) is 94.5 Å². The first kappa shape index (κ1) is 27.2. The highest BCUT2D eigenvalue weighted by molar-refractivity contribution is 6.52. The van der Waals surface area contributed by atoms with Crippen molar-refractivity contribution in [3.63, 3.8) is 0 Å². The first-order valence-corrected chi connectivity index (χ1v) is 12.1. The average molecular weight is 558 g/mol. The summed E-state index contributed by atoms with van der Waals surface area (Å²) in [5, 5.41) is 11.9. The maximum atomic E-state index is 13.6. The third-order valence-corrected chi connectivity index (χ3v) is 6.73. The van der Waals surface area contributed by atoms with Crippen molar-refractivity contribution in [2.75, 3.05) is 33.3 Å². The van der Waals surface area contributed by atoms with E-state index in [1.54, 1.807) is 24.3 Å². The molecule has 1 saturated heterocycles. The lowest BCUT2D eigenvalue weighted by molar-refractivity contribution is -0.132. The number of Topliss-reactive ketones (excluding diaryl/α,β-unsaturated/α-hetero) is 1. The summed E-state index contributed by atoms with van der Waals surface area (Å²) >= 11 is 12.5. The van der Waals surface area contributed by atoms with E-state index in [1.165, 1.54) is 45.5 Å². The molecule has 1 amide bonds. The largest absolute Gasteiger partial charge is 0.507 e. The number of aliphatic hydroxyl groups excluding tert-OH is 1. The number of hydrogen-bond acceptors (Lipinski definition) is 7. The van der Waals surface area contributed by atoms with Crippen LogP contribution in [0.2, 0.25) is 10.0 Å². The van der Waals surface area contributed by atoms with E-state index in [4.69, 9.17) is 42.1 Å². The van der Waals surface area contributed by atoms with Crippen molar-refractivity contribution in [1.29, 1.82) is 0 Å². The van der Waals surface area contributed by atoms with E-state index in [0.717, 1.165) is 5.56 Å². The van der Waals surface area contributed by atoms with Gasteiger partial charge < -0.3 is 24.1 Å². The van der Waals surface area contributed by atoms with Gasteiger partial charge in [0.05, 0.1) is 50.6 Å². The van der Waals surface area contributed by atoms with Crippen molar-refractivity contribution in [2.24, 2.45) is 0 Å². The number of nitrogens with zero attached hydrogens (tertiary/aromatic N) is 1. The fourth-order valence-corrected chi connectivity index (χ4v) is 5.04. The lowest BCUT2D eigenvalue weighted by Crippen LogP contribution is -2.29. The summed E-state index contributed by atoms with van der Waals surface area (Å²) in [5.41, 5.74) is 1.71. The van der Waals surface area contributed by atoms with Crippen molar-refractivity contribution in [3.8, 4) is 23.0 Å². The van der Waals surface area contributed by atoms with Crippen molar-refractivity contribution < 1.29 is 33.6 Å². The lowest BCUT2D eigenvalue weighted by atomic mass is 9.94. The maximum Gasteiger partial charge on any atom is 0.300 e. The Morgan fingerprint density at radius 1 is 0.842 bits per heavy atom. The number of methoxy groups -OCH3 is 4. The van der Waals surface area contributed by atoms with Crippen LogP contribution in [0, 0.1) is 6.92 Å². The molecule has 0 aromatic heterocycles. The smallest absolute Gasteiger partial charge is 0.300 e. The molecule has 1 aliphatic rings. The summed E-state index contributed by atoms with van der Waals surface area (Å²) in [6, 6.07) is 12.1. The minimum Gasteiger partial charge on any atom is -0.507 e. The van der Waals surface area contributed by atoms with Crippen molar-refractivity contribution >= 4 is 46.3 Å². The van der Waals surface area contributed by atoms with E-state index in [-0.39, 0.29) is 26.9 Å². The second kappa shape index (κ2) is 10.8. The van der Waals surface area contributed by atoms with Gasteiger partial charge in [-0.15, -0.1) is 0 Å². The zero-order valence-electron chi connectivity index (χ0n) is 21.3. The molecule has 0 radical (unpaired) electrons. The number of halogens is 2. The minimum absolute atomic E-state index is 0.0596. The molecule has 1 fully saturated rings. The van der Waals surface area contributed by atoms with E-state index in [0.29, 0.717) is 28.5 Å². The van der Waals surface area contributed by atoms with Gasteiger partial charge in [-0.25, -0.2) is 0 Å². The molecule has 3 aromatic rings.